The van der Waals surface area contributed by atoms with E-state index >= 15 is 0 Å². The quantitative estimate of drug-likeness (QED) is 0.220. The number of H-pyrrole nitrogens is 1. The second-order valence-corrected chi connectivity index (χ2v) is 8.85. The van der Waals surface area contributed by atoms with Gasteiger partial charge in [0, 0.05) is 18.7 Å². The molecule has 0 bridgehead atoms. The van der Waals surface area contributed by atoms with Crippen LogP contribution in [0.5, 0.6) is 0 Å². The molecule has 7 nitrogen and oxygen atoms in total. The van der Waals surface area contributed by atoms with E-state index in [1.165, 1.54) is 23.0 Å². The number of aromatic nitrogens is 3. The number of carbonyl (C=O) groups is 2. The lowest BCUT2D eigenvalue weighted by Crippen LogP contribution is -2.30. The van der Waals surface area contributed by atoms with Crippen molar-refractivity contribution in [3.63, 3.8) is 0 Å². The maximum absolute atomic E-state index is 13.1. The minimum atomic E-state index is -5.15. The van der Waals surface area contributed by atoms with Crippen LogP contribution >= 0.6 is 35.2 Å². The second-order valence-electron chi connectivity index (χ2n) is 7.12. The monoisotopic (exact) mass is 543 g/mol. The maximum Gasteiger partial charge on any atom is 0.471 e. The predicted octanol–water partition coefficient (Wildman–Crippen LogP) is 5.55. The third-order valence-corrected chi connectivity index (χ3v) is 6.56. The molecule has 0 saturated heterocycles. The highest BCUT2D eigenvalue weighted by Crippen LogP contribution is 2.43. The van der Waals surface area contributed by atoms with Crippen LogP contribution in [0.3, 0.4) is 0 Å². The number of anilines is 1. The summed E-state index contributed by atoms with van der Waals surface area (Å²) in [6, 6.07) is 6.48. The Morgan fingerprint density at radius 1 is 1.20 bits per heavy atom. The molecule has 35 heavy (non-hydrogen) atoms. The average Bonchev–Trinajstić information content (AvgIpc) is 3.35. The Kier molecular flexibility index (Phi) is 6.92. The molecule has 0 saturated carbocycles. The third kappa shape index (κ3) is 5.06. The standard InChI is InChI=1S/C21H14ClF4N5O2S2/c22-12-5-8-35-17(12)15-14(30-20(33)21(24,25)26)13-16(19(34)29-9-28-13)31(15)7-6-27-18(32)10-1-3-11(23)4-2-10/h1-5,8-9H,6-7H2,(H,27,32)(H,30,33)(H,28,29,34). The van der Waals surface area contributed by atoms with Crippen LogP contribution in [0.1, 0.15) is 10.4 Å². The normalized spacial score (nSPS) is 11.6. The molecule has 182 valence electrons. The van der Waals surface area contributed by atoms with E-state index in [1.807, 2.05) is 5.32 Å². The Bertz CT molecular complexity index is 1480. The number of nitrogens with one attached hydrogen (secondary N) is 3. The molecule has 0 aliphatic carbocycles. The van der Waals surface area contributed by atoms with Gasteiger partial charge in [-0.15, -0.1) is 11.3 Å². The Morgan fingerprint density at radius 2 is 1.91 bits per heavy atom. The molecule has 3 N–H and O–H groups in total. The number of aromatic amines is 1. The molecule has 0 unspecified atom stereocenters. The van der Waals surface area contributed by atoms with Gasteiger partial charge in [-0.1, -0.05) is 23.8 Å². The van der Waals surface area contributed by atoms with E-state index in [0.29, 0.717) is 4.88 Å². The van der Waals surface area contributed by atoms with Crippen LogP contribution < -0.4 is 10.6 Å². The average molecular weight is 544 g/mol. The van der Waals surface area contributed by atoms with Gasteiger partial charge in [-0.2, -0.15) is 13.2 Å². The van der Waals surface area contributed by atoms with Crippen LogP contribution in [0.2, 0.25) is 5.02 Å². The maximum atomic E-state index is 13.1. The number of thiophene rings is 1. The number of nitrogens with zero attached hydrogens (tertiary/aromatic N) is 2. The Hall–Kier alpha value is -3.29. The van der Waals surface area contributed by atoms with Crippen LogP contribution in [0.4, 0.5) is 23.2 Å². The molecular formula is C21H14ClF4N5O2S2. The third-order valence-electron chi connectivity index (χ3n) is 4.90. The van der Waals surface area contributed by atoms with E-state index in [-0.39, 0.29) is 50.7 Å². The van der Waals surface area contributed by atoms with Crippen molar-refractivity contribution in [1.29, 1.82) is 0 Å². The Labute approximate surface area is 208 Å². The lowest BCUT2D eigenvalue weighted by molar-refractivity contribution is -0.167. The van der Waals surface area contributed by atoms with E-state index in [1.54, 1.807) is 11.4 Å². The summed E-state index contributed by atoms with van der Waals surface area (Å²) in [6.45, 7) is 0.0599. The van der Waals surface area contributed by atoms with Crippen LogP contribution in [0.25, 0.3) is 21.6 Å². The zero-order chi connectivity index (χ0) is 25.3. The van der Waals surface area contributed by atoms with E-state index in [4.69, 9.17) is 23.8 Å². The summed E-state index contributed by atoms with van der Waals surface area (Å²) in [4.78, 5) is 31.5. The summed E-state index contributed by atoms with van der Waals surface area (Å²) in [5, 5.41) is 6.45. The number of rotatable bonds is 6. The van der Waals surface area contributed by atoms with Crippen molar-refractivity contribution < 1.29 is 27.2 Å². The van der Waals surface area contributed by atoms with Crippen molar-refractivity contribution >= 4 is 63.7 Å². The van der Waals surface area contributed by atoms with Gasteiger partial charge in [-0.3, -0.25) is 9.59 Å². The molecule has 4 rings (SSSR count). The molecule has 0 aliphatic rings. The highest BCUT2D eigenvalue weighted by molar-refractivity contribution is 7.71. The fraction of sp³-hybridized carbons (Fsp3) is 0.143. The summed E-state index contributed by atoms with van der Waals surface area (Å²) < 4.78 is 54.1. The Morgan fingerprint density at radius 3 is 2.54 bits per heavy atom. The minimum Gasteiger partial charge on any atom is -0.350 e. The van der Waals surface area contributed by atoms with Gasteiger partial charge in [-0.05, 0) is 35.7 Å². The van der Waals surface area contributed by atoms with Gasteiger partial charge in [0.2, 0.25) is 0 Å². The van der Waals surface area contributed by atoms with Crippen molar-refractivity contribution in [1.82, 2.24) is 19.9 Å². The first-order valence-corrected chi connectivity index (χ1v) is 11.5. The van der Waals surface area contributed by atoms with Crippen molar-refractivity contribution in [3.05, 3.63) is 63.1 Å². The van der Waals surface area contributed by atoms with Crippen LogP contribution in [-0.4, -0.2) is 39.1 Å². The van der Waals surface area contributed by atoms with E-state index in [2.05, 4.69) is 15.3 Å². The number of fused-ring (bicyclic) bond motifs is 1. The minimum absolute atomic E-state index is 0.0201. The molecule has 0 aliphatic heterocycles. The van der Waals surface area contributed by atoms with Crippen LogP contribution in [0, 0.1) is 10.5 Å². The highest BCUT2D eigenvalue weighted by Gasteiger charge is 2.40. The van der Waals surface area contributed by atoms with Crippen molar-refractivity contribution in [2.45, 2.75) is 12.7 Å². The lowest BCUT2D eigenvalue weighted by atomic mass is 10.2. The summed E-state index contributed by atoms with van der Waals surface area (Å²) >= 11 is 12.8. The smallest absolute Gasteiger partial charge is 0.350 e. The van der Waals surface area contributed by atoms with Gasteiger partial charge in [0.1, 0.15) is 21.5 Å². The highest BCUT2D eigenvalue weighted by atomic mass is 35.5. The van der Waals surface area contributed by atoms with Gasteiger partial charge >= 0.3 is 12.1 Å². The second kappa shape index (κ2) is 9.76. The predicted molar refractivity (Wildman–Crippen MR) is 127 cm³/mol. The number of alkyl halides is 3. The van der Waals surface area contributed by atoms with Gasteiger partial charge in [0.15, 0.2) is 0 Å². The molecular weight excluding hydrogens is 530 g/mol. The first kappa shape index (κ1) is 24.8. The lowest BCUT2D eigenvalue weighted by Gasteiger charge is -2.13. The molecule has 0 radical (unpaired) electrons. The van der Waals surface area contributed by atoms with Crippen molar-refractivity contribution in [2.24, 2.45) is 0 Å². The number of amides is 2. The van der Waals surface area contributed by atoms with Gasteiger partial charge in [-0.25, -0.2) is 9.37 Å². The number of benzene rings is 1. The van der Waals surface area contributed by atoms with Crippen molar-refractivity contribution in [3.8, 4) is 10.6 Å². The molecule has 0 atom stereocenters. The molecule has 0 spiro atoms. The van der Waals surface area contributed by atoms with E-state index in [9.17, 15) is 27.2 Å². The number of carbonyl (C=O) groups excluding carboxylic acids is 2. The summed E-state index contributed by atoms with van der Waals surface area (Å²) in [5.41, 5.74) is 0.442. The first-order chi connectivity index (χ1) is 16.6. The molecule has 3 heterocycles. The Balaban J connectivity index is 1.77. The largest absolute Gasteiger partial charge is 0.471 e. The molecule has 1 aromatic carbocycles. The number of hydrogen-bond donors (Lipinski definition) is 3. The molecule has 3 aromatic heterocycles. The fourth-order valence-electron chi connectivity index (χ4n) is 3.39. The molecule has 0 fully saturated rings. The number of halogens is 5. The molecule has 2 amide bonds. The van der Waals surface area contributed by atoms with E-state index < -0.39 is 23.8 Å². The molecule has 14 heteroatoms. The molecule has 4 aromatic rings. The van der Waals surface area contributed by atoms with Gasteiger partial charge < -0.3 is 20.2 Å². The summed E-state index contributed by atoms with van der Waals surface area (Å²) in [7, 11) is 0. The summed E-state index contributed by atoms with van der Waals surface area (Å²) in [6.07, 6.45) is -3.94. The van der Waals surface area contributed by atoms with Gasteiger partial charge in [0.05, 0.1) is 27.6 Å². The zero-order valence-electron chi connectivity index (χ0n) is 17.4. The zero-order valence-corrected chi connectivity index (χ0v) is 19.8. The number of hydrogen-bond acceptors (Lipinski definition) is 5. The van der Waals surface area contributed by atoms with E-state index in [0.717, 1.165) is 23.5 Å². The first-order valence-electron chi connectivity index (χ1n) is 9.83. The van der Waals surface area contributed by atoms with Crippen molar-refractivity contribution in [2.75, 3.05) is 11.9 Å². The summed E-state index contributed by atoms with van der Waals surface area (Å²) in [5.74, 6) is -3.16. The van der Waals surface area contributed by atoms with Crippen LogP contribution in [-0.2, 0) is 11.3 Å². The van der Waals surface area contributed by atoms with Gasteiger partial charge in [0.25, 0.3) is 5.91 Å². The fourth-order valence-corrected chi connectivity index (χ4v) is 4.86. The van der Waals surface area contributed by atoms with Crippen LogP contribution in [0.15, 0.2) is 42.0 Å². The topological polar surface area (TPSA) is 91.8 Å². The SMILES string of the molecule is O=C(NCCn1c(-c2sccc2Cl)c(NC(=O)C(F)(F)F)c2nc[nH]c(=S)c21)c1ccc(F)cc1.